The Kier molecular flexibility index (Phi) is 4.10. The van der Waals surface area contributed by atoms with Gasteiger partial charge in [-0.25, -0.2) is 0 Å². The first-order valence-electron chi connectivity index (χ1n) is 6.71. The minimum atomic E-state index is -0.993. The lowest BCUT2D eigenvalue weighted by molar-refractivity contribution is 0.0966. The first-order chi connectivity index (χ1) is 10.6. The molecule has 0 amide bonds. The summed E-state index contributed by atoms with van der Waals surface area (Å²) in [7, 11) is 0. The summed E-state index contributed by atoms with van der Waals surface area (Å²) in [6, 6.07) is 16.5. The lowest BCUT2D eigenvalue weighted by Crippen LogP contribution is -2.31. The summed E-state index contributed by atoms with van der Waals surface area (Å²) < 4.78 is 11.5. The Balaban J connectivity index is 2.16. The van der Waals surface area contributed by atoms with Gasteiger partial charge in [-0.15, -0.1) is 0 Å². The third-order valence-corrected chi connectivity index (χ3v) is 4.04. The van der Waals surface area contributed by atoms with Crippen molar-refractivity contribution in [2.45, 2.75) is 12.5 Å². The Morgan fingerprint density at radius 2 is 1.64 bits per heavy atom. The van der Waals surface area contributed by atoms with Gasteiger partial charge < -0.3 is 9.26 Å². The topological polar surface area (TPSA) is 35.3 Å². The molecule has 3 nitrogen and oxygen atoms in total. The van der Waals surface area contributed by atoms with Crippen LogP contribution in [0.4, 0.5) is 0 Å². The van der Waals surface area contributed by atoms with Gasteiger partial charge >= 0.3 is 0 Å². The first kappa shape index (κ1) is 14.9. The highest BCUT2D eigenvalue weighted by Crippen LogP contribution is 2.41. The van der Waals surface area contributed by atoms with Crippen molar-refractivity contribution in [2.75, 3.05) is 0 Å². The number of hydrogen-bond acceptors (Lipinski definition) is 3. The SMILES string of the molecule is CC(Oc1ccccc1)(c1ccno1)c1c(Cl)cccc1Cl. The summed E-state index contributed by atoms with van der Waals surface area (Å²) in [5, 5.41) is 4.78. The van der Waals surface area contributed by atoms with E-state index < -0.39 is 5.60 Å². The van der Waals surface area contributed by atoms with Crippen molar-refractivity contribution in [3.8, 4) is 5.75 Å². The van der Waals surface area contributed by atoms with E-state index in [4.69, 9.17) is 32.5 Å². The third-order valence-electron chi connectivity index (χ3n) is 3.41. The second-order valence-corrected chi connectivity index (χ2v) is 5.74. The molecule has 3 aromatic rings. The molecule has 0 fully saturated rings. The van der Waals surface area contributed by atoms with Gasteiger partial charge in [0.05, 0.1) is 6.20 Å². The molecule has 1 heterocycles. The van der Waals surface area contributed by atoms with Crippen molar-refractivity contribution in [1.82, 2.24) is 5.16 Å². The Hall–Kier alpha value is -1.97. The maximum Gasteiger partial charge on any atom is 0.194 e. The van der Waals surface area contributed by atoms with Crippen LogP contribution in [-0.2, 0) is 5.60 Å². The summed E-state index contributed by atoms with van der Waals surface area (Å²) in [4.78, 5) is 0. The average molecular weight is 334 g/mol. The van der Waals surface area contributed by atoms with Gasteiger partial charge in [-0.3, -0.25) is 0 Å². The minimum absolute atomic E-state index is 0.502. The lowest BCUT2D eigenvalue weighted by Gasteiger charge is -2.30. The minimum Gasteiger partial charge on any atom is -0.475 e. The highest BCUT2D eigenvalue weighted by Gasteiger charge is 2.39. The number of ether oxygens (including phenoxy) is 1. The largest absolute Gasteiger partial charge is 0.475 e. The van der Waals surface area contributed by atoms with Gasteiger partial charge in [-0.1, -0.05) is 52.6 Å². The third kappa shape index (κ3) is 2.70. The van der Waals surface area contributed by atoms with Gasteiger partial charge in [0.15, 0.2) is 11.4 Å². The van der Waals surface area contributed by atoms with E-state index in [-0.39, 0.29) is 0 Å². The lowest BCUT2D eigenvalue weighted by atomic mass is 9.92. The van der Waals surface area contributed by atoms with Crippen LogP contribution in [0.5, 0.6) is 5.75 Å². The van der Waals surface area contributed by atoms with E-state index in [0.717, 1.165) is 0 Å². The van der Waals surface area contributed by atoms with Gasteiger partial charge in [-0.2, -0.15) is 0 Å². The van der Waals surface area contributed by atoms with Crippen LogP contribution in [-0.4, -0.2) is 5.16 Å². The van der Waals surface area contributed by atoms with Crippen molar-refractivity contribution in [1.29, 1.82) is 0 Å². The fraction of sp³-hybridized carbons (Fsp3) is 0.118. The molecule has 0 bridgehead atoms. The fourth-order valence-electron chi connectivity index (χ4n) is 2.36. The summed E-state index contributed by atoms with van der Waals surface area (Å²) in [5.41, 5.74) is -0.355. The highest BCUT2D eigenvalue weighted by molar-refractivity contribution is 6.36. The van der Waals surface area contributed by atoms with Crippen LogP contribution in [0.1, 0.15) is 18.2 Å². The van der Waals surface area contributed by atoms with E-state index in [1.54, 1.807) is 30.5 Å². The van der Waals surface area contributed by atoms with E-state index in [0.29, 0.717) is 27.1 Å². The maximum absolute atomic E-state index is 6.37. The van der Waals surface area contributed by atoms with Crippen LogP contribution < -0.4 is 4.74 Å². The highest BCUT2D eigenvalue weighted by atomic mass is 35.5. The number of nitrogens with zero attached hydrogens (tertiary/aromatic N) is 1. The monoisotopic (exact) mass is 333 g/mol. The number of benzene rings is 2. The summed E-state index contributed by atoms with van der Waals surface area (Å²) in [6.45, 7) is 1.85. The van der Waals surface area contributed by atoms with Gasteiger partial charge in [0.1, 0.15) is 5.75 Å². The predicted molar refractivity (Wildman–Crippen MR) is 86.5 cm³/mol. The second-order valence-electron chi connectivity index (χ2n) is 4.92. The molecule has 3 rings (SSSR count). The molecular weight excluding hydrogens is 321 g/mol. The smallest absolute Gasteiger partial charge is 0.194 e. The molecule has 0 spiro atoms. The number of hydrogen-bond donors (Lipinski definition) is 0. The molecule has 1 unspecified atom stereocenters. The van der Waals surface area contributed by atoms with Crippen molar-refractivity contribution < 1.29 is 9.26 Å². The number of halogens is 2. The van der Waals surface area contributed by atoms with E-state index in [1.165, 1.54) is 0 Å². The normalized spacial score (nSPS) is 13.6. The Labute approximate surface area is 138 Å². The Bertz CT molecular complexity index is 739. The van der Waals surface area contributed by atoms with Crippen LogP contribution in [0, 0.1) is 0 Å². The number of para-hydroxylation sites is 1. The first-order valence-corrected chi connectivity index (χ1v) is 7.46. The van der Waals surface area contributed by atoms with Crippen LogP contribution in [0.3, 0.4) is 0 Å². The van der Waals surface area contributed by atoms with Crippen molar-refractivity contribution >= 4 is 23.2 Å². The van der Waals surface area contributed by atoms with E-state index in [1.807, 2.05) is 37.3 Å². The van der Waals surface area contributed by atoms with Crippen molar-refractivity contribution in [3.63, 3.8) is 0 Å². The molecule has 112 valence electrons. The number of aromatic nitrogens is 1. The van der Waals surface area contributed by atoms with E-state index in [2.05, 4.69) is 5.16 Å². The second kappa shape index (κ2) is 6.03. The molecule has 0 aliphatic carbocycles. The van der Waals surface area contributed by atoms with E-state index in [9.17, 15) is 0 Å². The molecule has 1 aromatic heterocycles. The van der Waals surface area contributed by atoms with Crippen LogP contribution in [0.15, 0.2) is 65.3 Å². The molecule has 22 heavy (non-hydrogen) atoms. The predicted octanol–water partition coefficient (Wildman–Crippen LogP) is 5.32. The molecule has 0 N–H and O–H groups in total. The Morgan fingerprint density at radius 3 is 2.23 bits per heavy atom. The summed E-state index contributed by atoms with van der Waals surface area (Å²) in [6.07, 6.45) is 1.56. The van der Waals surface area contributed by atoms with Gasteiger partial charge in [-0.05, 0) is 31.2 Å². The molecule has 1 atom stereocenters. The molecular formula is C17H13Cl2NO2. The summed E-state index contributed by atoms with van der Waals surface area (Å²) >= 11 is 12.7. The standard InChI is InChI=1S/C17H13Cl2NO2/c1-17(15-10-11-20-22-15,21-12-6-3-2-4-7-12)16-13(18)8-5-9-14(16)19/h2-11H,1H3. The maximum atomic E-state index is 6.37. The van der Waals surface area contributed by atoms with Crippen LogP contribution in [0.2, 0.25) is 10.0 Å². The summed E-state index contributed by atoms with van der Waals surface area (Å²) in [5.74, 6) is 1.20. The quantitative estimate of drug-likeness (QED) is 0.647. The average Bonchev–Trinajstić information content (AvgIpc) is 3.03. The molecule has 2 aromatic carbocycles. The molecule has 0 aliphatic rings. The van der Waals surface area contributed by atoms with Crippen LogP contribution >= 0.6 is 23.2 Å². The zero-order valence-corrected chi connectivity index (χ0v) is 13.3. The molecule has 0 saturated heterocycles. The zero-order valence-electron chi connectivity index (χ0n) is 11.8. The molecule has 0 aliphatic heterocycles. The molecule has 5 heteroatoms. The zero-order chi connectivity index (χ0) is 15.6. The van der Waals surface area contributed by atoms with Gasteiger partial charge in [0.2, 0.25) is 0 Å². The van der Waals surface area contributed by atoms with Crippen molar-refractivity contribution in [3.05, 3.63) is 82.2 Å². The number of rotatable bonds is 4. The van der Waals surface area contributed by atoms with Gasteiger partial charge in [0, 0.05) is 21.7 Å². The molecule has 0 saturated carbocycles. The molecule has 0 radical (unpaired) electrons. The van der Waals surface area contributed by atoms with Gasteiger partial charge in [0.25, 0.3) is 0 Å². The Morgan fingerprint density at radius 1 is 0.955 bits per heavy atom. The van der Waals surface area contributed by atoms with E-state index >= 15 is 0 Å². The fourth-order valence-corrected chi connectivity index (χ4v) is 3.12. The van der Waals surface area contributed by atoms with Crippen LogP contribution in [0.25, 0.3) is 0 Å². The van der Waals surface area contributed by atoms with Crippen molar-refractivity contribution in [2.24, 2.45) is 0 Å².